The first kappa shape index (κ1) is 7.80. The van der Waals surface area contributed by atoms with E-state index in [4.69, 9.17) is 10.4 Å². The van der Waals surface area contributed by atoms with E-state index in [-0.39, 0.29) is 6.10 Å². The predicted octanol–water partition coefficient (Wildman–Crippen LogP) is -0.596. The topological polar surface area (TPSA) is 55.5 Å². The molecular weight excluding hydrogens is 153 g/mol. The van der Waals surface area contributed by atoms with E-state index in [0.29, 0.717) is 6.54 Å². The van der Waals surface area contributed by atoms with Crippen LogP contribution in [0, 0.1) is 0 Å². The van der Waals surface area contributed by atoms with Crippen molar-refractivity contribution in [3.8, 4) is 0 Å². The molecule has 0 spiro atoms. The first-order valence-electron chi connectivity index (χ1n) is 3.95. The molecule has 1 aromatic rings. The monoisotopic (exact) mass is 163 g/mol. The van der Waals surface area contributed by atoms with Crippen LogP contribution >= 0.6 is 0 Å². The molecule has 1 aromatic carbocycles. The van der Waals surface area contributed by atoms with Crippen LogP contribution in [0.5, 0.6) is 0 Å². The van der Waals surface area contributed by atoms with Crippen LogP contribution < -0.4 is 11.2 Å². The molecule has 0 saturated heterocycles. The molecule has 1 aliphatic heterocycles. The number of rotatable bonds is 1. The molecule has 1 heterocycles. The summed E-state index contributed by atoms with van der Waals surface area (Å²) in [7, 11) is -0.797. The van der Waals surface area contributed by atoms with Gasteiger partial charge in [0.15, 0.2) is 0 Å². The van der Waals surface area contributed by atoms with E-state index >= 15 is 0 Å². The summed E-state index contributed by atoms with van der Waals surface area (Å²) < 4.78 is 5.21. The van der Waals surface area contributed by atoms with Gasteiger partial charge in [-0.25, -0.2) is 0 Å². The van der Waals surface area contributed by atoms with Crippen molar-refractivity contribution in [3.05, 3.63) is 29.8 Å². The fourth-order valence-electron chi connectivity index (χ4n) is 1.51. The van der Waals surface area contributed by atoms with E-state index in [1.807, 2.05) is 24.3 Å². The molecule has 0 saturated carbocycles. The van der Waals surface area contributed by atoms with Crippen LogP contribution in [0.15, 0.2) is 24.3 Å². The quantitative estimate of drug-likeness (QED) is 0.543. The molecule has 1 atom stereocenters. The summed E-state index contributed by atoms with van der Waals surface area (Å²) >= 11 is 0. The minimum atomic E-state index is -0.797. The fraction of sp³-hybridized carbons (Fsp3) is 0.250. The highest BCUT2D eigenvalue weighted by Crippen LogP contribution is 2.21. The van der Waals surface area contributed by atoms with Crippen LogP contribution in [-0.2, 0) is 4.65 Å². The third-order valence-corrected chi connectivity index (χ3v) is 2.12. The smallest absolute Gasteiger partial charge is 0.423 e. The van der Waals surface area contributed by atoms with Gasteiger partial charge in [0.05, 0.1) is 6.10 Å². The Kier molecular flexibility index (Phi) is 1.88. The van der Waals surface area contributed by atoms with E-state index < -0.39 is 7.12 Å². The van der Waals surface area contributed by atoms with Crippen LogP contribution in [0.25, 0.3) is 0 Å². The Morgan fingerprint density at radius 2 is 2.25 bits per heavy atom. The maximum atomic E-state index is 9.41. The second kappa shape index (κ2) is 2.90. The normalized spacial score (nSPS) is 21.2. The van der Waals surface area contributed by atoms with Crippen molar-refractivity contribution in [1.29, 1.82) is 0 Å². The van der Waals surface area contributed by atoms with Gasteiger partial charge >= 0.3 is 7.12 Å². The molecule has 0 bridgehead atoms. The first-order valence-corrected chi connectivity index (χ1v) is 3.95. The van der Waals surface area contributed by atoms with Gasteiger partial charge in [-0.3, -0.25) is 0 Å². The van der Waals surface area contributed by atoms with Gasteiger partial charge in [-0.2, -0.15) is 0 Å². The minimum absolute atomic E-state index is 0.142. The molecule has 2 rings (SSSR count). The standard InChI is InChI=1S/C8H10BNO2/c10-5-8-6-3-1-2-4-7(6)9(11)12-8/h1-4,8,11H,5,10H2/t8-/m0/s1. The van der Waals surface area contributed by atoms with Crippen LogP contribution in [-0.4, -0.2) is 18.7 Å². The Morgan fingerprint density at radius 1 is 1.50 bits per heavy atom. The Bertz CT molecular complexity index is 292. The van der Waals surface area contributed by atoms with Gasteiger partial charge in [-0.05, 0) is 11.0 Å². The van der Waals surface area contributed by atoms with Crippen molar-refractivity contribution in [2.45, 2.75) is 6.10 Å². The second-order valence-electron chi connectivity index (χ2n) is 2.84. The summed E-state index contributed by atoms with van der Waals surface area (Å²) in [4.78, 5) is 0. The Morgan fingerprint density at radius 3 is 3.00 bits per heavy atom. The molecule has 0 aliphatic carbocycles. The average molecular weight is 163 g/mol. The molecular formula is C8H10BNO2. The van der Waals surface area contributed by atoms with Crippen molar-refractivity contribution in [2.75, 3.05) is 6.54 Å². The van der Waals surface area contributed by atoms with Gasteiger partial charge in [0.25, 0.3) is 0 Å². The summed E-state index contributed by atoms with van der Waals surface area (Å²) in [5.74, 6) is 0. The van der Waals surface area contributed by atoms with E-state index in [9.17, 15) is 5.02 Å². The second-order valence-corrected chi connectivity index (χ2v) is 2.84. The lowest BCUT2D eigenvalue weighted by Crippen LogP contribution is -2.27. The van der Waals surface area contributed by atoms with E-state index in [2.05, 4.69) is 0 Å². The molecule has 0 aromatic heterocycles. The van der Waals surface area contributed by atoms with Crippen LogP contribution in [0.1, 0.15) is 11.7 Å². The number of fused-ring (bicyclic) bond motifs is 1. The third kappa shape index (κ3) is 1.05. The predicted molar refractivity (Wildman–Crippen MR) is 46.9 cm³/mol. The first-order chi connectivity index (χ1) is 5.83. The summed E-state index contributed by atoms with van der Waals surface area (Å²) in [6.07, 6.45) is -0.142. The van der Waals surface area contributed by atoms with Crippen LogP contribution in [0.3, 0.4) is 0 Å². The number of benzene rings is 1. The Balaban J connectivity index is 2.43. The van der Waals surface area contributed by atoms with Gasteiger partial charge in [0.1, 0.15) is 0 Å². The number of hydrogen-bond acceptors (Lipinski definition) is 3. The lowest BCUT2D eigenvalue weighted by molar-refractivity contribution is 0.198. The van der Waals surface area contributed by atoms with Gasteiger partial charge in [-0.15, -0.1) is 0 Å². The Labute approximate surface area is 71.3 Å². The molecule has 1 aliphatic rings. The fourth-order valence-corrected chi connectivity index (χ4v) is 1.51. The van der Waals surface area contributed by atoms with Crippen LogP contribution in [0.2, 0.25) is 0 Å². The van der Waals surface area contributed by atoms with Crippen molar-refractivity contribution in [3.63, 3.8) is 0 Å². The molecule has 3 nitrogen and oxygen atoms in total. The van der Waals surface area contributed by atoms with Gasteiger partial charge < -0.3 is 15.4 Å². The zero-order valence-electron chi connectivity index (χ0n) is 6.60. The third-order valence-electron chi connectivity index (χ3n) is 2.12. The van der Waals surface area contributed by atoms with Crippen molar-refractivity contribution >= 4 is 12.6 Å². The molecule has 0 fully saturated rings. The highest BCUT2D eigenvalue weighted by molar-refractivity contribution is 6.61. The molecule has 3 N–H and O–H groups in total. The van der Waals surface area contributed by atoms with E-state index in [0.717, 1.165) is 11.0 Å². The van der Waals surface area contributed by atoms with Crippen molar-refractivity contribution in [2.24, 2.45) is 5.73 Å². The summed E-state index contributed by atoms with van der Waals surface area (Å²) in [5, 5.41) is 9.41. The lowest BCUT2D eigenvalue weighted by atomic mass is 9.79. The summed E-state index contributed by atoms with van der Waals surface area (Å²) in [6.45, 7) is 0.411. The molecule has 0 unspecified atom stereocenters. The zero-order valence-corrected chi connectivity index (χ0v) is 6.60. The largest absolute Gasteiger partial charge is 0.492 e. The van der Waals surface area contributed by atoms with Gasteiger partial charge in [0.2, 0.25) is 0 Å². The average Bonchev–Trinajstić information content (AvgIpc) is 2.44. The summed E-state index contributed by atoms with van der Waals surface area (Å²) in [6, 6.07) is 7.59. The number of hydrogen-bond donors (Lipinski definition) is 2. The van der Waals surface area contributed by atoms with Crippen LogP contribution in [0.4, 0.5) is 0 Å². The lowest BCUT2D eigenvalue weighted by Gasteiger charge is -2.07. The highest BCUT2D eigenvalue weighted by atomic mass is 16.5. The van der Waals surface area contributed by atoms with Crippen molar-refractivity contribution in [1.82, 2.24) is 0 Å². The minimum Gasteiger partial charge on any atom is -0.423 e. The highest BCUT2D eigenvalue weighted by Gasteiger charge is 2.33. The van der Waals surface area contributed by atoms with Crippen molar-refractivity contribution < 1.29 is 9.68 Å². The molecule has 4 heteroatoms. The molecule has 62 valence electrons. The molecule has 0 radical (unpaired) electrons. The zero-order chi connectivity index (χ0) is 8.55. The maximum absolute atomic E-state index is 9.41. The Hall–Kier alpha value is -0.835. The summed E-state index contributed by atoms with van der Waals surface area (Å²) in [5.41, 5.74) is 7.32. The van der Waals surface area contributed by atoms with Gasteiger partial charge in [0, 0.05) is 6.54 Å². The molecule has 0 amide bonds. The number of nitrogens with two attached hydrogens (primary N) is 1. The van der Waals surface area contributed by atoms with E-state index in [1.54, 1.807) is 0 Å². The van der Waals surface area contributed by atoms with Gasteiger partial charge in [-0.1, -0.05) is 24.3 Å². The SMILES string of the molecule is NC[C@@H]1OB(O)c2ccccc21. The van der Waals surface area contributed by atoms with E-state index in [1.165, 1.54) is 0 Å². The maximum Gasteiger partial charge on any atom is 0.492 e. The molecule has 12 heavy (non-hydrogen) atoms.